The fourth-order valence-corrected chi connectivity index (χ4v) is 4.05. The van der Waals surface area contributed by atoms with Crippen molar-refractivity contribution in [2.24, 2.45) is 0 Å². The summed E-state index contributed by atoms with van der Waals surface area (Å²) < 4.78 is 48.1. The fraction of sp³-hybridized carbons (Fsp3) is 0.455. The maximum absolute atomic E-state index is 12.2. The zero-order valence-electron chi connectivity index (χ0n) is 10.7. The standard InChI is InChI=1S/C11H15NO6S2/c1-19(15,16)8-2-4-9(5-3-8)20(17,18)12-6-10(13)11(14)7-12/h2-5,10-11,13-14H,6-7H2,1H3. The highest BCUT2D eigenvalue weighted by atomic mass is 32.2. The van der Waals surface area contributed by atoms with Crippen LogP contribution in [0.2, 0.25) is 0 Å². The van der Waals surface area contributed by atoms with Crippen molar-refractivity contribution in [1.82, 2.24) is 4.31 Å². The molecule has 0 aliphatic carbocycles. The van der Waals surface area contributed by atoms with Crippen LogP contribution in [0.1, 0.15) is 0 Å². The van der Waals surface area contributed by atoms with E-state index in [0.29, 0.717) is 0 Å². The van der Waals surface area contributed by atoms with Crippen molar-refractivity contribution < 1.29 is 27.0 Å². The van der Waals surface area contributed by atoms with Gasteiger partial charge < -0.3 is 10.2 Å². The molecule has 7 nitrogen and oxygen atoms in total. The first kappa shape index (κ1) is 15.4. The summed E-state index contributed by atoms with van der Waals surface area (Å²) in [4.78, 5) is -0.0517. The molecule has 0 spiro atoms. The van der Waals surface area contributed by atoms with Crippen molar-refractivity contribution in [2.45, 2.75) is 22.0 Å². The highest BCUT2D eigenvalue weighted by Gasteiger charge is 2.37. The minimum atomic E-state index is -3.85. The van der Waals surface area contributed by atoms with E-state index in [9.17, 15) is 27.0 Å². The third-order valence-electron chi connectivity index (χ3n) is 3.12. The van der Waals surface area contributed by atoms with Crippen LogP contribution < -0.4 is 0 Å². The molecule has 1 heterocycles. The van der Waals surface area contributed by atoms with Gasteiger partial charge in [-0.2, -0.15) is 4.31 Å². The van der Waals surface area contributed by atoms with Crippen LogP contribution in [0.25, 0.3) is 0 Å². The van der Waals surface area contributed by atoms with E-state index < -0.39 is 32.1 Å². The minimum absolute atomic E-state index is 0.0259. The first-order valence-electron chi connectivity index (χ1n) is 5.79. The van der Waals surface area contributed by atoms with Gasteiger partial charge >= 0.3 is 0 Å². The van der Waals surface area contributed by atoms with Gasteiger partial charge in [-0.15, -0.1) is 0 Å². The number of aliphatic hydroxyl groups is 2. The van der Waals surface area contributed by atoms with E-state index in [4.69, 9.17) is 0 Å². The monoisotopic (exact) mass is 321 g/mol. The second-order valence-electron chi connectivity index (χ2n) is 4.70. The molecule has 0 saturated carbocycles. The van der Waals surface area contributed by atoms with Gasteiger partial charge in [0.2, 0.25) is 10.0 Å². The Morgan fingerprint density at radius 3 is 1.75 bits per heavy atom. The lowest BCUT2D eigenvalue weighted by atomic mass is 10.3. The fourth-order valence-electron chi connectivity index (χ4n) is 1.94. The van der Waals surface area contributed by atoms with Gasteiger partial charge in [0.05, 0.1) is 22.0 Å². The minimum Gasteiger partial charge on any atom is -0.389 e. The average Bonchev–Trinajstić information content (AvgIpc) is 2.69. The zero-order chi connectivity index (χ0) is 15.1. The van der Waals surface area contributed by atoms with Crippen molar-refractivity contribution in [1.29, 1.82) is 0 Å². The molecule has 2 atom stereocenters. The van der Waals surface area contributed by atoms with Crippen molar-refractivity contribution in [3.8, 4) is 0 Å². The zero-order valence-corrected chi connectivity index (χ0v) is 12.3. The second-order valence-corrected chi connectivity index (χ2v) is 8.65. The van der Waals surface area contributed by atoms with E-state index >= 15 is 0 Å². The normalized spacial score (nSPS) is 24.9. The topological polar surface area (TPSA) is 112 Å². The highest BCUT2D eigenvalue weighted by molar-refractivity contribution is 7.90. The Morgan fingerprint density at radius 2 is 1.35 bits per heavy atom. The SMILES string of the molecule is CS(=O)(=O)c1ccc(S(=O)(=O)N2CC(O)C(O)C2)cc1. The lowest BCUT2D eigenvalue weighted by molar-refractivity contribution is 0.0572. The Morgan fingerprint density at radius 1 is 0.950 bits per heavy atom. The molecular formula is C11H15NO6S2. The van der Waals surface area contributed by atoms with Crippen LogP contribution in [-0.4, -0.2) is 62.9 Å². The summed E-state index contributed by atoms with van der Waals surface area (Å²) in [6.07, 6.45) is -1.19. The predicted octanol–water partition coefficient (Wildman–Crippen LogP) is -1.18. The smallest absolute Gasteiger partial charge is 0.243 e. The van der Waals surface area contributed by atoms with Crippen LogP contribution in [0.5, 0.6) is 0 Å². The van der Waals surface area contributed by atoms with Crippen molar-refractivity contribution in [3.05, 3.63) is 24.3 Å². The molecule has 1 aromatic carbocycles. The van der Waals surface area contributed by atoms with Crippen molar-refractivity contribution >= 4 is 19.9 Å². The summed E-state index contributed by atoms with van der Waals surface area (Å²) in [5, 5.41) is 18.8. The molecule has 2 N–H and O–H groups in total. The van der Waals surface area contributed by atoms with Crippen LogP contribution in [0.3, 0.4) is 0 Å². The quantitative estimate of drug-likeness (QED) is 0.724. The number of β-amino-alcohol motifs (C(OH)–C–C–N with tert-alkyl or cyclic N) is 2. The van der Waals surface area contributed by atoms with Crippen LogP contribution in [0.4, 0.5) is 0 Å². The Bertz CT molecular complexity index is 685. The third kappa shape index (κ3) is 2.86. The summed E-state index contributed by atoms with van der Waals surface area (Å²) in [5.74, 6) is 0. The number of rotatable bonds is 3. The summed E-state index contributed by atoms with van der Waals surface area (Å²) in [7, 11) is -7.24. The van der Waals surface area contributed by atoms with E-state index in [1.54, 1.807) is 0 Å². The molecule has 0 radical (unpaired) electrons. The van der Waals surface area contributed by atoms with Gasteiger partial charge in [-0.3, -0.25) is 0 Å². The van der Waals surface area contributed by atoms with Crippen LogP contribution in [0.15, 0.2) is 34.1 Å². The Kier molecular flexibility index (Phi) is 3.91. The molecule has 0 amide bonds. The number of sulfonamides is 1. The van der Waals surface area contributed by atoms with Gasteiger partial charge in [-0.05, 0) is 24.3 Å². The lowest BCUT2D eigenvalue weighted by Gasteiger charge is -2.15. The van der Waals surface area contributed by atoms with E-state index in [-0.39, 0.29) is 22.9 Å². The molecule has 1 aliphatic rings. The molecule has 1 saturated heterocycles. The summed E-state index contributed by atoms with van der Waals surface area (Å²) in [6, 6.07) is 4.82. The summed E-state index contributed by atoms with van der Waals surface area (Å²) in [6.45, 7) is -0.366. The summed E-state index contributed by atoms with van der Waals surface area (Å²) >= 11 is 0. The molecule has 20 heavy (non-hydrogen) atoms. The largest absolute Gasteiger partial charge is 0.389 e. The Hall–Kier alpha value is -1.00. The summed E-state index contributed by atoms with van der Waals surface area (Å²) in [5.41, 5.74) is 0. The van der Waals surface area contributed by atoms with Gasteiger partial charge in [0, 0.05) is 19.3 Å². The molecular weight excluding hydrogens is 306 g/mol. The third-order valence-corrected chi connectivity index (χ3v) is 6.09. The average molecular weight is 321 g/mol. The predicted molar refractivity (Wildman–Crippen MR) is 70.3 cm³/mol. The van der Waals surface area contributed by atoms with Gasteiger partial charge in [-0.1, -0.05) is 0 Å². The second kappa shape index (κ2) is 5.08. The molecule has 9 heteroatoms. The molecule has 1 fully saturated rings. The highest BCUT2D eigenvalue weighted by Crippen LogP contribution is 2.22. The number of hydrogen-bond donors (Lipinski definition) is 2. The number of aliphatic hydroxyl groups excluding tert-OH is 2. The van der Waals surface area contributed by atoms with E-state index in [0.717, 1.165) is 10.6 Å². The first-order chi connectivity index (χ1) is 9.12. The molecule has 0 aromatic heterocycles. The number of benzene rings is 1. The van der Waals surface area contributed by atoms with Gasteiger partial charge in [0.15, 0.2) is 9.84 Å². The lowest BCUT2D eigenvalue weighted by Crippen LogP contribution is -2.30. The molecule has 112 valence electrons. The Labute approximate surface area is 117 Å². The molecule has 2 rings (SSSR count). The van der Waals surface area contributed by atoms with E-state index in [1.165, 1.54) is 24.3 Å². The first-order valence-corrected chi connectivity index (χ1v) is 9.12. The van der Waals surface area contributed by atoms with Crippen LogP contribution in [-0.2, 0) is 19.9 Å². The number of sulfone groups is 1. The molecule has 1 aliphatic heterocycles. The maximum atomic E-state index is 12.2. The molecule has 0 bridgehead atoms. The van der Waals surface area contributed by atoms with Gasteiger partial charge in [0.1, 0.15) is 0 Å². The number of hydrogen-bond acceptors (Lipinski definition) is 6. The maximum Gasteiger partial charge on any atom is 0.243 e. The van der Waals surface area contributed by atoms with Crippen molar-refractivity contribution in [3.63, 3.8) is 0 Å². The van der Waals surface area contributed by atoms with Crippen LogP contribution >= 0.6 is 0 Å². The van der Waals surface area contributed by atoms with E-state index in [2.05, 4.69) is 0 Å². The number of nitrogens with zero attached hydrogens (tertiary/aromatic N) is 1. The van der Waals surface area contributed by atoms with Gasteiger partial charge in [0.25, 0.3) is 0 Å². The molecule has 2 unspecified atom stereocenters. The van der Waals surface area contributed by atoms with E-state index in [1.807, 2.05) is 0 Å². The molecule has 1 aromatic rings. The van der Waals surface area contributed by atoms with Crippen molar-refractivity contribution in [2.75, 3.05) is 19.3 Å². The Balaban J connectivity index is 2.32. The van der Waals surface area contributed by atoms with Crippen LogP contribution in [0, 0.1) is 0 Å². The van der Waals surface area contributed by atoms with Gasteiger partial charge in [-0.25, -0.2) is 16.8 Å².